The summed E-state index contributed by atoms with van der Waals surface area (Å²) in [5, 5.41) is 11.8. The van der Waals surface area contributed by atoms with E-state index in [1.165, 1.54) is 11.2 Å². The van der Waals surface area contributed by atoms with E-state index in [-0.39, 0.29) is 6.54 Å². The zero-order valence-electron chi connectivity index (χ0n) is 11.5. The maximum absolute atomic E-state index is 12.1. The molecule has 0 aliphatic carbocycles. The van der Waals surface area contributed by atoms with Gasteiger partial charge in [-0.25, -0.2) is 9.59 Å². The molecule has 2 N–H and O–H groups in total. The van der Waals surface area contributed by atoms with E-state index in [0.29, 0.717) is 11.3 Å². The molecule has 0 spiro atoms. The van der Waals surface area contributed by atoms with Crippen molar-refractivity contribution in [2.75, 3.05) is 7.05 Å². The first kappa shape index (κ1) is 14.6. The molecule has 0 saturated heterocycles. The van der Waals surface area contributed by atoms with Crippen LogP contribution in [0, 0.1) is 0 Å². The molecule has 0 unspecified atom stereocenters. The van der Waals surface area contributed by atoms with Crippen molar-refractivity contribution in [3.05, 3.63) is 60.1 Å². The Balaban J connectivity index is 2.03. The fourth-order valence-electron chi connectivity index (χ4n) is 1.87. The van der Waals surface area contributed by atoms with Gasteiger partial charge in [0.2, 0.25) is 0 Å². The lowest BCUT2D eigenvalue weighted by molar-refractivity contribution is -0.139. The second-order valence-corrected chi connectivity index (χ2v) is 4.57. The Kier molecular flexibility index (Phi) is 4.61. The number of benzene rings is 1. The lowest BCUT2D eigenvalue weighted by Gasteiger charge is -2.20. The number of carbonyl (C=O) groups is 2. The Morgan fingerprint density at radius 2 is 1.95 bits per heavy atom. The van der Waals surface area contributed by atoms with Gasteiger partial charge >= 0.3 is 12.0 Å². The van der Waals surface area contributed by atoms with Crippen LogP contribution in [0.1, 0.15) is 17.4 Å². The molecular formula is C15H16N2O4. The number of hydrogen-bond acceptors (Lipinski definition) is 3. The SMILES string of the molecule is CN(Cc1ccco1)C(=O)N[C@@H](C(=O)O)c1ccccc1. The molecule has 6 nitrogen and oxygen atoms in total. The maximum atomic E-state index is 12.1. The van der Waals surface area contributed by atoms with E-state index < -0.39 is 18.0 Å². The lowest BCUT2D eigenvalue weighted by atomic mass is 10.1. The number of carboxylic acids is 1. The van der Waals surface area contributed by atoms with Crippen molar-refractivity contribution < 1.29 is 19.1 Å². The molecule has 21 heavy (non-hydrogen) atoms. The van der Waals surface area contributed by atoms with Gasteiger partial charge in [0.15, 0.2) is 6.04 Å². The third-order valence-corrected chi connectivity index (χ3v) is 2.97. The summed E-state index contributed by atoms with van der Waals surface area (Å²) >= 11 is 0. The van der Waals surface area contributed by atoms with Gasteiger partial charge in [-0.05, 0) is 17.7 Å². The molecule has 1 atom stereocenters. The van der Waals surface area contributed by atoms with Gasteiger partial charge in [-0.3, -0.25) is 0 Å². The second-order valence-electron chi connectivity index (χ2n) is 4.57. The molecule has 1 aromatic carbocycles. The average Bonchev–Trinajstić information content (AvgIpc) is 2.98. The number of aliphatic carboxylic acids is 1. The number of nitrogens with one attached hydrogen (secondary N) is 1. The van der Waals surface area contributed by atoms with Crippen LogP contribution in [0.2, 0.25) is 0 Å². The van der Waals surface area contributed by atoms with Crippen LogP contribution in [-0.4, -0.2) is 29.1 Å². The van der Waals surface area contributed by atoms with Crippen molar-refractivity contribution >= 4 is 12.0 Å². The fraction of sp³-hybridized carbons (Fsp3) is 0.200. The molecule has 2 amide bonds. The predicted molar refractivity (Wildman–Crippen MR) is 75.5 cm³/mol. The van der Waals surface area contributed by atoms with Gasteiger partial charge in [0.05, 0.1) is 12.8 Å². The summed E-state index contributed by atoms with van der Waals surface area (Å²) in [6, 6.07) is 10.5. The van der Waals surface area contributed by atoms with E-state index in [9.17, 15) is 14.7 Å². The van der Waals surface area contributed by atoms with E-state index >= 15 is 0 Å². The smallest absolute Gasteiger partial charge is 0.330 e. The number of furan rings is 1. The lowest BCUT2D eigenvalue weighted by Crippen LogP contribution is -2.41. The van der Waals surface area contributed by atoms with E-state index in [0.717, 1.165) is 0 Å². The van der Waals surface area contributed by atoms with Gasteiger partial charge in [0, 0.05) is 7.05 Å². The number of rotatable bonds is 5. The summed E-state index contributed by atoms with van der Waals surface area (Å²) in [7, 11) is 1.57. The zero-order chi connectivity index (χ0) is 15.2. The van der Waals surface area contributed by atoms with Crippen LogP contribution < -0.4 is 5.32 Å². The third-order valence-electron chi connectivity index (χ3n) is 2.97. The second kappa shape index (κ2) is 6.60. The monoisotopic (exact) mass is 288 g/mol. The molecule has 2 aromatic rings. The Bertz CT molecular complexity index is 595. The zero-order valence-corrected chi connectivity index (χ0v) is 11.5. The minimum atomic E-state index is -1.11. The predicted octanol–water partition coefficient (Wildman–Crippen LogP) is 2.25. The minimum Gasteiger partial charge on any atom is -0.479 e. The van der Waals surface area contributed by atoms with E-state index in [1.807, 2.05) is 0 Å². The van der Waals surface area contributed by atoms with Crippen LogP contribution in [0.5, 0.6) is 0 Å². The summed E-state index contributed by atoms with van der Waals surface area (Å²) in [4.78, 5) is 24.7. The number of nitrogens with zero attached hydrogens (tertiary/aromatic N) is 1. The van der Waals surface area contributed by atoms with Crippen LogP contribution in [0.25, 0.3) is 0 Å². The molecule has 110 valence electrons. The summed E-state index contributed by atoms with van der Waals surface area (Å²) in [6.45, 7) is 0.264. The molecule has 1 aromatic heterocycles. The molecule has 2 rings (SSSR count). The topological polar surface area (TPSA) is 82.8 Å². The number of hydrogen-bond donors (Lipinski definition) is 2. The summed E-state index contributed by atoms with van der Waals surface area (Å²) in [6.07, 6.45) is 1.52. The quantitative estimate of drug-likeness (QED) is 0.884. The van der Waals surface area contributed by atoms with Crippen molar-refractivity contribution in [2.24, 2.45) is 0 Å². The number of carbonyl (C=O) groups excluding carboxylic acids is 1. The van der Waals surface area contributed by atoms with E-state index in [2.05, 4.69) is 5.32 Å². The van der Waals surface area contributed by atoms with Crippen LogP contribution in [0.4, 0.5) is 4.79 Å². The number of urea groups is 1. The van der Waals surface area contributed by atoms with Gasteiger partial charge in [-0.2, -0.15) is 0 Å². The standard InChI is InChI=1S/C15H16N2O4/c1-17(10-12-8-5-9-21-12)15(20)16-13(14(18)19)11-6-3-2-4-7-11/h2-9,13H,10H2,1H3,(H,16,20)(H,18,19)/t13-/m1/s1. The van der Waals surface area contributed by atoms with Crippen molar-refractivity contribution in [3.8, 4) is 0 Å². The molecule has 6 heteroatoms. The Morgan fingerprint density at radius 3 is 2.52 bits per heavy atom. The van der Waals surface area contributed by atoms with Crippen molar-refractivity contribution in [3.63, 3.8) is 0 Å². The molecule has 0 bridgehead atoms. The first-order valence-corrected chi connectivity index (χ1v) is 6.39. The van der Waals surface area contributed by atoms with E-state index in [4.69, 9.17) is 4.42 Å². The maximum Gasteiger partial charge on any atom is 0.330 e. The highest BCUT2D eigenvalue weighted by Gasteiger charge is 2.23. The normalized spacial score (nSPS) is 11.7. The molecular weight excluding hydrogens is 272 g/mol. The number of carboxylic acid groups (broad SMARTS) is 1. The minimum absolute atomic E-state index is 0.264. The molecule has 0 saturated carbocycles. The van der Waals surface area contributed by atoms with Crippen molar-refractivity contribution in [1.29, 1.82) is 0 Å². The van der Waals surface area contributed by atoms with Gasteiger partial charge < -0.3 is 19.7 Å². The average molecular weight is 288 g/mol. The Morgan fingerprint density at radius 1 is 1.24 bits per heavy atom. The van der Waals surface area contributed by atoms with Crippen molar-refractivity contribution in [2.45, 2.75) is 12.6 Å². The Labute approximate surface area is 122 Å². The number of amides is 2. The molecule has 0 fully saturated rings. The molecule has 0 aliphatic heterocycles. The van der Waals surface area contributed by atoms with Crippen LogP contribution in [0.15, 0.2) is 53.1 Å². The Hall–Kier alpha value is -2.76. The summed E-state index contributed by atoms with van der Waals surface area (Å²) in [5.41, 5.74) is 0.518. The van der Waals surface area contributed by atoms with Crippen molar-refractivity contribution in [1.82, 2.24) is 10.2 Å². The highest BCUT2D eigenvalue weighted by molar-refractivity contribution is 5.83. The highest BCUT2D eigenvalue weighted by Crippen LogP contribution is 2.13. The first-order valence-electron chi connectivity index (χ1n) is 6.39. The van der Waals surface area contributed by atoms with Gasteiger partial charge in [0.1, 0.15) is 5.76 Å². The highest BCUT2D eigenvalue weighted by atomic mass is 16.4. The van der Waals surface area contributed by atoms with Gasteiger partial charge in [-0.15, -0.1) is 0 Å². The van der Waals surface area contributed by atoms with Gasteiger partial charge in [-0.1, -0.05) is 30.3 Å². The van der Waals surface area contributed by atoms with E-state index in [1.54, 1.807) is 49.5 Å². The molecule has 1 heterocycles. The first-order chi connectivity index (χ1) is 10.1. The van der Waals surface area contributed by atoms with Crippen LogP contribution in [-0.2, 0) is 11.3 Å². The largest absolute Gasteiger partial charge is 0.479 e. The third kappa shape index (κ3) is 3.85. The summed E-state index contributed by atoms with van der Waals surface area (Å²) < 4.78 is 5.15. The van der Waals surface area contributed by atoms with Gasteiger partial charge in [0.25, 0.3) is 0 Å². The molecule has 0 radical (unpaired) electrons. The fourth-order valence-corrected chi connectivity index (χ4v) is 1.87. The molecule has 0 aliphatic rings. The van der Waals surface area contributed by atoms with Crippen LogP contribution in [0.3, 0.4) is 0 Å². The summed E-state index contributed by atoms with van der Waals surface area (Å²) in [5.74, 6) is -0.486. The van der Waals surface area contributed by atoms with Crippen LogP contribution >= 0.6 is 0 Å².